The van der Waals surface area contributed by atoms with Crippen molar-refractivity contribution in [3.05, 3.63) is 0 Å². The van der Waals surface area contributed by atoms with Crippen LogP contribution in [0.5, 0.6) is 0 Å². The number of hydrogen-bond donors (Lipinski definition) is 2. The number of hydrogen-bond acceptors (Lipinski definition) is 5. The van der Waals surface area contributed by atoms with Gasteiger partial charge in [0.2, 0.25) is 0 Å². The van der Waals surface area contributed by atoms with E-state index in [1.807, 2.05) is 0 Å². The van der Waals surface area contributed by atoms with Gasteiger partial charge in [0, 0.05) is 41.8 Å². The molecule has 2 N–H and O–H groups in total. The van der Waals surface area contributed by atoms with Gasteiger partial charge in [0.1, 0.15) is 6.04 Å². The van der Waals surface area contributed by atoms with Gasteiger partial charge in [-0.3, -0.25) is 9.00 Å². The van der Waals surface area contributed by atoms with Gasteiger partial charge in [-0.25, -0.2) is 9.59 Å². The van der Waals surface area contributed by atoms with Crippen molar-refractivity contribution in [2.75, 3.05) is 31.7 Å². The second kappa shape index (κ2) is 7.83. The molecule has 0 aromatic heterocycles. The molecule has 8 nitrogen and oxygen atoms in total. The van der Waals surface area contributed by atoms with Crippen molar-refractivity contribution < 1.29 is 28.4 Å². The number of rotatable bonds is 5. The van der Waals surface area contributed by atoms with Crippen LogP contribution < -0.4 is 5.32 Å². The molecule has 0 spiro atoms. The molecular formula is C11H18N2O6S. The Kier molecular flexibility index (Phi) is 6.43. The van der Waals surface area contributed by atoms with Crippen LogP contribution in [0.1, 0.15) is 12.8 Å². The summed E-state index contributed by atoms with van der Waals surface area (Å²) in [5, 5.41) is 11.4. The van der Waals surface area contributed by atoms with Gasteiger partial charge in [0.05, 0.1) is 7.11 Å². The van der Waals surface area contributed by atoms with E-state index in [1.54, 1.807) is 0 Å². The summed E-state index contributed by atoms with van der Waals surface area (Å²) in [6.07, 6.45) is -0.120. The number of amides is 2. The zero-order valence-electron chi connectivity index (χ0n) is 11.2. The lowest BCUT2D eigenvalue weighted by molar-refractivity contribution is -0.142. The zero-order chi connectivity index (χ0) is 15.1. The Balaban J connectivity index is 2.48. The summed E-state index contributed by atoms with van der Waals surface area (Å²) in [6, 6.07) is -1.66. The SMILES string of the molecule is COC(=O)CC[C@@H](NC(=O)N1CCS(=O)CC1)C(=O)O. The highest BCUT2D eigenvalue weighted by Crippen LogP contribution is 2.04. The van der Waals surface area contributed by atoms with Crippen molar-refractivity contribution in [1.82, 2.24) is 10.2 Å². The fraction of sp³-hybridized carbons (Fsp3) is 0.727. The Hall–Kier alpha value is -1.64. The first-order chi connectivity index (χ1) is 9.43. The minimum Gasteiger partial charge on any atom is -0.480 e. The van der Waals surface area contributed by atoms with Crippen LogP contribution in [0.2, 0.25) is 0 Å². The number of carboxylic acid groups (broad SMARTS) is 1. The number of esters is 1. The molecule has 0 unspecified atom stereocenters. The Labute approximate surface area is 118 Å². The van der Waals surface area contributed by atoms with E-state index in [4.69, 9.17) is 5.11 Å². The first-order valence-corrected chi connectivity index (χ1v) is 7.63. The van der Waals surface area contributed by atoms with Crippen LogP contribution in [0.3, 0.4) is 0 Å². The van der Waals surface area contributed by atoms with Crippen LogP contribution in [0.4, 0.5) is 4.79 Å². The predicted octanol–water partition coefficient (Wildman–Crippen LogP) is -0.833. The minimum atomic E-state index is -1.21. The molecule has 1 heterocycles. The lowest BCUT2D eigenvalue weighted by Crippen LogP contribution is -2.51. The highest BCUT2D eigenvalue weighted by atomic mass is 32.2. The van der Waals surface area contributed by atoms with Crippen molar-refractivity contribution in [3.63, 3.8) is 0 Å². The van der Waals surface area contributed by atoms with Crippen LogP contribution in [0.25, 0.3) is 0 Å². The van der Waals surface area contributed by atoms with Gasteiger partial charge in [-0.05, 0) is 6.42 Å². The first-order valence-electron chi connectivity index (χ1n) is 6.14. The molecule has 20 heavy (non-hydrogen) atoms. The third kappa shape index (κ3) is 5.16. The predicted molar refractivity (Wildman–Crippen MR) is 70.7 cm³/mol. The highest BCUT2D eigenvalue weighted by molar-refractivity contribution is 7.85. The lowest BCUT2D eigenvalue weighted by Gasteiger charge is -2.27. The molecule has 1 aliphatic heterocycles. The minimum absolute atomic E-state index is 0.0342. The smallest absolute Gasteiger partial charge is 0.326 e. The molecule has 1 atom stereocenters. The summed E-state index contributed by atoms with van der Waals surface area (Å²) < 4.78 is 15.6. The highest BCUT2D eigenvalue weighted by Gasteiger charge is 2.26. The van der Waals surface area contributed by atoms with E-state index in [0.717, 1.165) is 0 Å². The second-order valence-corrected chi connectivity index (χ2v) is 5.99. The molecule has 2 amide bonds. The number of nitrogens with one attached hydrogen (secondary N) is 1. The number of urea groups is 1. The van der Waals surface area contributed by atoms with Gasteiger partial charge in [-0.2, -0.15) is 0 Å². The molecule has 1 saturated heterocycles. The van der Waals surface area contributed by atoms with Crippen molar-refractivity contribution in [2.45, 2.75) is 18.9 Å². The third-order valence-corrected chi connectivity index (χ3v) is 4.20. The Morgan fingerprint density at radius 1 is 1.35 bits per heavy atom. The van der Waals surface area contributed by atoms with Crippen LogP contribution in [0, 0.1) is 0 Å². The van der Waals surface area contributed by atoms with Crippen LogP contribution >= 0.6 is 0 Å². The van der Waals surface area contributed by atoms with Gasteiger partial charge in [-0.1, -0.05) is 0 Å². The Morgan fingerprint density at radius 3 is 2.45 bits per heavy atom. The molecule has 0 aromatic rings. The largest absolute Gasteiger partial charge is 0.480 e. The molecule has 0 aliphatic carbocycles. The average Bonchev–Trinajstić information content (AvgIpc) is 2.43. The standard InChI is InChI=1S/C11H18N2O6S/c1-19-9(14)3-2-8(10(15)16)12-11(17)13-4-6-20(18)7-5-13/h8H,2-7H2,1H3,(H,12,17)(H,15,16)/t8-/m1/s1. The van der Waals surface area contributed by atoms with Crippen LogP contribution in [-0.2, 0) is 25.1 Å². The maximum atomic E-state index is 11.9. The van der Waals surface area contributed by atoms with Crippen molar-refractivity contribution in [3.8, 4) is 0 Å². The van der Waals surface area contributed by atoms with Gasteiger partial charge in [-0.15, -0.1) is 0 Å². The third-order valence-electron chi connectivity index (χ3n) is 2.93. The van der Waals surface area contributed by atoms with E-state index in [2.05, 4.69) is 10.1 Å². The molecule has 0 saturated carbocycles. The summed E-state index contributed by atoms with van der Waals surface area (Å²) in [6.45, 7) is 0.670. The average molecular weight is 306 g/mol. The Morgan fingerprint density at radius 2 is 1.95 bits per heavy atom. The van der Waals surface area contributed by atoms with Gasteiger partial charge < -0.3 is 20.1 Å². The topological polar surface area (TPSA) is 113 Å². The fourth-order valence-electron chi connectivity index (χ4n) is 1.70. The number of ether oxygens (including phenoxy) is 1. The van der Waals surface area contributed by atoms with Crippen LogP contribution in [-0.4, -0.2) is 69.9 Å². The normalized spacial score (nSPS) is 17.4. The molecule has 1 fully saturated rings. The quantitative estimate of drug-likeness (QED) is 0.641. The summed E-state index contributed by atoms with van der Waals surface area (Å²) in [7, 11) is 0.304. The number of methoxy groups -OCH3 is 1. The van der Waals surface area contributed by atoms with Gasteiger partial charge >= 0.3 is 18.0 Å². The fourth-order valence-corrected chi connectivity index (χ4v) is 2.76. The van der Waals surface area contributed by atoms with E-state index in [-0.39, 0.29) is 12.8 Å². The van der Waals surface area contributed by atoms with E-state index in [0.29, 0.717) is 24.6 Å². The van der Waals surface area contributed by atoms with E-state index >= 15 is 0 Å². The Bertz CT molecular complexity index is 404. The number of carbonyl (C=O) groups excluding carboxylic acids is 2. The molecular weight excluding hydrogens is 288 g/mol. The number of carboxylic acids is 1. The molecule has 0 aromatic carbocycles. The molecule has 1 rings (SSSR count). The first kappa shape index (κ1) is 16.4. The van der Waals surface area contributed by atoms with Gasteiger partial charge in [0.25, 0.3) is 0 Å². The second-order valence-electron chi connectivity index (χ2n) is 4.29. The van der Waals surface area contributed by atoms with Crippen molar-refractivity contribution in [2.24, 2.45) is 0 Å². The maximum Gasteiger partial charge on any atom is 0.326 e. The van der Waals surface area contributed by atoms with E-state index in [9.17, 15) is 18.6 Å². The number of aliphatic carboxylic acids is 1. The summed E-state index contributed by atoms with van der Waals surface area (Å²) in [4.78, 5) is 35.3. The molecule has 114 valence electrons. The van der Waals surface area contributed by atoms with Crippen molar-refractivity contribution in [1.29, 1.82) is 0 Å². The summed E-state index contributed by atoms with van der Waals surface area (Å²) in [5.74, 6) is -0.942. The lowest BCUT2D eigenvalue weighted by atomic mass is 10.1. The number of carbonyl (C=O) groups is 3. The monoisotopic (exact) mass is 306 g/mol. The maximum absolute atomic E-state index is 11.9. The number of nitrogens with zero attached hydrogens (tertiary/aromatic N) is 1. The molecule has 0 radical (unpaired) electrons. The summed E-state index contributed by atoms with van der Waals surface area (Å²) in [5.41, 5.74) is 0. The summed E-state index contributed by atoms with van der Waals surface area (Å²) >= 11 is 0. The molecule has 1 aliphatic rings. The van der Waals surface area contributed by atoms with Crippen LogP contribution in [0.15, 0.2) is 0 Å². The molecule has 0 bridgehead atoms. The zero-order valence-corrected chi connectivity index (χ0v) is 12.0. The van der Waals surface area contributed by atoms with Gasteiger partial charge in [0.15, 0.2) is 0 Å². The molecule has 9 heteroatoms. The van der Waals surface area contributed by atoms with E-state index < -0.39 is 34.8 Å². The van der Waals surface area contributed by atoms with Crippen molar-refractivity contribution >= 4 is 28.8 Å². The van der Waals surface area contributed by atoms with E-state index in [1.165, 1.54) is 12.0 Å².